The quantitative estimate of drug-likeness (QED) is 0.0655. The molecule has 2 aliphatic rings. The molecule has 44 heavy (non-hydrogen) atoms. The maximum absolute atomic E-state index is 12.8. The van der Waals surface area contributed by atoms with E-state index in [1.54, 1.807) is 0 Å². The standard InChI is InChI=1S/C23H35ClN9O10P/c1-39-6-7-40-11-23(44(36,37)38,12-41-10-16-29-31-32-30-16)42-9-15-17(34)18(35)21(43-15)33-20-14(8-25-33)19(27-22(24)28-20)26-13-4-2-3-5-13/h8,13,15,17-18,21,34-35H,2-7,9-12H2,1H3,(H,26,27,28)(H2,36,37,38)(H,29,30,31,32)/t15-,17-,18-,21+,23-/m1/s1. The highest BCUT2D eigenvalue weighted by Crippen LogP contribution is 2.52. The molecule has 5 atom stereocenters. The van der Waals surface area contributed by atoms with Gasteiger partial charge in [0.05, 0.1) is 44.6 Å². The Morgan fingerprint density at radius 3 is 2.66 bits per heavy atom. The summed E-state index contributed by atoms with van der Waals surface area (Å²) in [6.45, 7) is -1.86. The van der Waals surface area contributed by atoms with Crippen molar-refractivity contribution in [2.75, 3.05) is 45.5 Å². The zero-order valence-corrected chi connectivity index (χ0v) is 25.4. The molecule has 0 amide bonds. The molecule has 244 valence electrons. The van der Waals surface area contributed by atoms with E-state index in [1.807, 2.05) is 0 Å². The number of fused-ring (bicyclic) bond motifs is 1. The van der Waals surface area contributed by atoms with E-state index in [-0.39, 0.29) is 42.6 Å². The fraction of sp³-hybridized carbons (Fsp3) is 0.739. The smallest absolute Gasteiger partial charge is 0.361 e. The Labute approximate surface area is 255 Å². The number of aromatic amines is 1. The molecular formula is C23H35ClN9O10P. The van der Waals surface area contributed by atoms with E-state index in [2.05, 4.69) is 41.0 Å². The van der Waals surface area contributed by atoms with E-state index >= 15 is 0 Å². The van der Waals surface area contributed by atoms with Crippen molar-refractivity contribution in [3.8, 4) is 0 Å². The van der Waals surface area contributed by atoms with Gasteiger partial charge in [0.2, 0.25) is 10.6 Å². The number of methoxy groups -OCH3 is 1. The molecule has 1 saturated carbocycles. The number of ether oxygens (including phenoxy) is 5. The maximum atomic E-state index is 12.8. The third-order valence-corrected chi connectivity index (χ3v) is 9.08. The topological polar surface area (TPSA) is 254 Å². The molecule has 6 N–H and O–H groups in total. The number of anilines is 1. The number of H-pyrrole nitrogens is 1. The van der Waals surface area contributed by atoms with Crippen molar-refractivity contribution in [1.29, 1.82) is 0 Å². The van der Waals surface area contributed by atoms with Gasteiger partial charge in [0.25, 0.3) is 0 Å². The Bertz CT molecular complexity index is 1410. The number of halogens is 1. The van der Waals surface area contributed by atoms with Crippen LogP contribution in [0.15, 0.2) is 6.20 Å². The Hall–Kier alpha value is -2.42. The minimum atomic E-state index is -5.10. The summed E-state index contributed by atoms with van der Waals surface area (Å²) < 4.78 is 41.6. The number of nitrogens with zero attached hydrogens (tertiary/aromatic N) is 7. The fourth-order valence-corrected chi connectivity index (χ4v) is 5.99. The molecule has 0 bridgehead atoms. The molecule has 19 nitrogen and oxygen atoms in total. The molecule has 2 fully saturated rings. The number of hydrogen-bond donors (Lipinski definition) is 6. The molecule has 1 aliphatic carbocycles. The zero-order chi connectivity index (χ0) is 31.3. The second-order valence-electron chi connectivity index (χ2n) is 10.5. The number of hydrogen-bond acceptors (Lipinski definition) is 15. The van der Waals surface area contributed by atoms with E-state index in [0.717, 1.165) is 25.7 Å². The first-order valence-electron chi connectivity index (χ1n) is 13.9. The summed E-state index contributed by atoms with van der Waals surface area (Å²) in [7, 11) is -3.66. The van der Waals surface area contributed by atoms with Crippen LogP contribution in [0.2, 0.25) is 5.28 Å². The lowest BCUT2D eigenvalue weighted by Gasteiger charge is -2.34. The van der Waals surface area contributed by atoms with Gasteiger partial charge in [-0.2, -0.15) is 15.1 Å². The normalized spacial score (nSPS) is 24.3. The van der Waals surface area contributed by atoms with Gasteiger partial charge in [-0.3, -0.25) is 4.57 Å². The van der Waals surface area contributed by atoms with Gasteiger partial charge in [0.15, 0.2) is 17.7 Å². The van der Waals surface area contributed by atoms with Crippen LogP contribution in [0.1, 0.15) is 37.7 Å². The predicted molar refractivity (Wildman–Crippen MR) is 149 cm³/mol. The molecule has 0 unspecified atom stereocenters. The number of tetrazole rings is 1. The molecule has 4 heterocycles. The van der Waals surface area contributed by atoms with Crippen LogP contribution in [0, 0.1) is 0 Å². The van der Waals surface area contributed by atoms with Crippen molar-refractivity contribution in [3.63, 3.8) is 0 Å². The number of rotatable bonds is 16. The van der Waals surface area contributed by atoms with E-state index in [1.165, 1.54) is 18.0 Å². The maximum Gasteiger partial charge on any atom is 0.361 e. The summed E-state index contributed by atoms with van der Waals surface area (Å²) in [5, 5.41) is 40.7. The van der Waals surface area contributed by atoms with Crippen LogP contribution in [-0.4, -0.2) is 130 Å². The van der Waals surface area contributed by atoms with Crippen LogP contribution in [0.5, 0.6) is 0 Å². The molecule has 0 radical (unpaired) electrons. The Morgan fingerprint density at radius 2 is 1.95 bits per heavy atom. The second kappa shape index (κ2) is 14.3. The molecule has 3 aromatic rings. The Kier molecular flexibility index (Phi) is 10.7. The summed E-state index contributed by atoms with van der Waals surface area (Å²) in [6, 6.07) is 0.230. The summed E-state index contributed by atoms with van der Waals surface area (Å²) in [5.41, 5.74) is 0.259. The summed E-state index contributed by atoms with van der Waals surface area (Å²) in [4.78, 5) is 29.3. The minimum absolute atomic E-state index is 0.00531. The van der Waals surface area contributed by atoms with Crippen LogP contribution in [-0.2, 0) is 34.9 Å². The van der Waals surface area contributed by atoms with Crippen molar-refractivity contribution >= 4 is 36.0 Å². The molecular weight excluding hydrogens is 629 g/mol. The van der Waals surface area contributed by atoms with Gasteiger partial charge in [-0.1, -0.05) is 12.8 Å². The van der Waals surface area contributed by atoms with Gasteiger partial charge in [-0.15, -0.1) is 5.10 Å². The van der Waals surface area contributed by atoms with E-state index < -0.39 is 57.3 Å². The minimum Gasteiger partial charge on any atom is -0.387 e. The zero-order valence-electron chi connectivity index (χ0n) is 23.7. The molecule has 0 aromatic carbocycles. The van der Waals surface area contributed by atoms with Crippen LogP contribution in [0.4, 0.5) is 5.82 Å². The first-order valence-corrected chi connectivity index (χ1v) is 15.9. The van der Waals surface area contributed by atoms with E-state index in [4.69, 9.17) is 35.3 Å². The predicted octanol–water partition coefficient (Wildman–Crippen LogP) is -0.263. The lowest BCUT2D eigenvalue weighted by Crippen LogP contribution is -2.46. The van der Waals surface area contributed by atoms with E-state index in [0.29, 0.717) is 11.2 Å². The Balaban J connectivity index is 1.32. The average molecular weight is 664 g/mol. The van der Waals surface area contributed by atoms with Gasteiger partial charge in [-0.05, 0) is 34.9 Å². The SMILES string of the molecule is COCCOC[C@@](COCc1nnn[nH]1)(OC[C@H]1O[C@H](n2ncc3c(NC4CCCC4)nc(Cl)nc32)[C@H](O)[C@@H]1O)P(=O)(O)O. The second-order valence-corrected chi connectivity index (χ2v) is 12.8. The fourth-order valence-electron chi connectivity index (χ4n) is 5.06. The third-order valence-electron chi connectivity index (χ3n) is 7.46. The number of aliphatic hydroxyl groups is 2. The van der Waals surface area contributed by atoms with Gasteiger partial charge >= 0.3 is 7.60 Å². The molecule has 3 aromatic heterocycles. The van der Waals surface area contributed by atoms with Gasteiger partial charge in [0, 0.05) is 13.2 Å². The highest BCUT2D eigenvalue weighted by molar-refractivity contribution is 7.53. The number of aliphatic hydroxyl groups excluding tert-OH is 2. The van der Waals surface area contributed by atoms with E-state index in [9.17, 15) is 24.6 Å². The number of aromatic nitrogens is 8. The number of nitrogens with one attached hydrogen (secondary N) is 2. The van der Waals surface area contributed by atoms with Crippen molar-refractivity contribution in [1.82, 2.24) is 40.4 Å². The third kappa shape index (κ3) is 7.34. The van der Waals surface area contributed by atoms with Crippen molar-refractivity contribution in [3.05, 3.63) is 17.3 Å². The summed E-state index contributed by atoms with van der Waals surface area (Å²) in [6.07, 6.45) is 0.183. The van der Waals surface area contributed by atoms with Crippen molar-refractivity contribution in [2.24, 2.45) is 0 Å². The monoisotopic (exact) mass is 663 g/mol. The van der Waals surface area contributed by atoms with Crippen molar-refractivity contribution < 1.29 is 48.2 Å². The van der Waals surface area contributed by atoms with Gasteiger partial charge < -0.3 is 49.0 Å². The van der Waals surface area contributed by atoms with Crippen LogP contribution in [0.25, 0.3) is 11.0 Å². The molecule has 0 spiro atoms. The molecule has 1 aliphatic heterocycles. The highest BCUT2D eigenvalue weighted by Gasteiger charge is 2.52. The molecule has 1 saturated heterocycles. The van der Waals surface area contributed by atoms with Crippen LogP contribution >= 0.6 is 19.2 Å². The summed E-state index contributed by atoms with van der Waals surface area (Å²) in [5.74, 6) is 0.703. The Morgan fingerprint density at radius 1 is 1.18 bits per heavy atom. The first-order chi connectivity index (χ1) is 21.1. The van der Waals surface area contributed by atoms with Gasteiger partial charge in [-0.25, -0.2) is 9.78 Å². The molecule has 21 heteroatoms. The highest BCUT2D eigenvalue weighted by atomic mass is 35.5. The molecule has 5 rings (SSSR count). The summed E-state index contributed by atoms with van der Waals surface area (Å²) >= 11 is 6.22. The average Bonchev–Trinajstić information content (AvgIpc) is 3.79. The van der Waals surface area contributed by atoms with Crippen molar-refractivity contribution in [2.45, 2.75) is 68.2 Å². The largest absolute Gasteiger partial charge is 0.387 e. The van der Waals surface area contributed by atoms with Gasteiger partial charge in [0.1, 0.15) is 30.7 Å². The lowest BCUT2D eigenvalue weighted by molar-refractivity contribution is -0.140. The van der Waals surface area contributed by atoms with Crippen LogP contribution < -0.4 is 5.32 Å². The van der Waals surface area contributed by atoms with Crippen LogP contribution in [0.3, 0.4) is 0 Å². The first kappa shape index (κ1) is 33.0. The lowest BCUT2D eigenvalue weighted by atomic mass is 10.1.